The number of hydrogen-bond donors (Lipinski definition) is 1. The van der Waals surface area contributed by atoms with Crippen LogP contribution in [0.2, 0.25) is 0 Å². The fourth-order valence-corrected chi connectivity index (χ4v) is 1.92. The zero-order valence-corrected chi connectivity index (χ0v) is 9.80. The van der Waals surface area contributed by atoms with E-state index in [1.165, 1.54) is 0 Å². The van der Waals surface area contributed by atoms with Crippen LogP contribution in [0.4, 0.5) is 0 Å². The molecular formula is C14H11NO3. The van der Waals surface area contributed by atoms with Crippen molar-refractivity contribution >= 4 is 16.7 Å². The molecule has 4 nitrogen and oxygen atoms in total. The normalized spacial score (nSPS) is 10.0. The van der Waals surface area contributed by atoms with Crippen LogP contribution in [0.3, 0.4) is 0 Å². The maximum absolute atomic E-state index is 11.4. The van der Waals surface area contributed by atoms with Gasteiger partial charge in [-0.25, -0.2) is 4.79 Å². The van der Waals surface area contributed by atoms with Crippen LogP contribution in [0.15, 0.2) is 30.3 Å². The summed E-state index contributed by atoms with van der Waals surface area (Å²) in [7, 11) is 0. The van der Waals surface area contributed by atoms with Gasteiger partial charge in [-0.3, -0.25) is 0 Å². The average Bonchev–Trinajstić information content (AvgIpc) is 2.37. The van der Waals surface area contributed by atoms with Crippen molar-refractivity contribution in [2.75, 3.05) is 6.61 Å². The lowest BCUT2D eigenvalue weighted by molar-refractivity contribution is 0.0695. The Balaban J connectivity index is 2.89. The number of benzene rings is 2. The molecular weight excluding hydrogens is 230 g/mol. The van der Waals surface area contributed by atoms with Crippen molar-refractivity contribution in [3.05, 3.63) is 41.5 Å². The monoisotopic (exact) mass is 241 g/mol. The number of ether oxygens (including phenoxy) is 1. The molecule has 0 aliphatic rings. The molecule has 2 rings (SSSR count). The highest BCUT2D eigenvalue weighted by Crippen LogP contribution is 2.32. The van der Waals surface area contributed by atoms with Gasteiger partial charge in [0, 0.05) is 5.39 Å². The third-order valence-electron chi connectivity index (χ3n) is 2.62. The molecule has 0 amide bonds. The standard InChI is InChI=1S/C14H11NO3/c1-2-18-13-10(8-15)7-9-5-3-4-6-11(9)12(13)14(16)17/h3-7H,2H2,1H3,(H,16,17). The Morgan fingerprint density at radius 3 is 2.78 bits per heavy atom. The Morgan fingerprint density at radius 1 is 1.44 bits per heavy atom. The summed E-state index contributed by atoms with van der Waals surface area (Å²) in [6.45, 7) is 2.06. The first-order valence-electron chi connectivity index (χ1n) is 5.51. The molecule has 0 fully saturated rings. The van der Waals surface area contributed by atoms with Crippen molar-refractivity contribution in [3.63, 3.8) is 0 Å². The number of carbonyl (C=O) groups is 1. The minimum Gasteiger partial charge on any atom is -0.492 e. The van der Waals surface area contributed by atoms with Crippen LogP contribution in [0.5, 0.6) is 5.75 Å². The summed E-state index contributed by atoms with van der Waals surface area (Å²) in [6.07, 6.45) is 0. The largest absolute Gasteiger partial charge is 0.492 e. The number of fused-ring (bicyclic) bond motifs is 1. The maximum atomic E-state index is 11.4. The smallest absolute Gasteiger partial charge is 0.340 e. The Bertz CT molecular complexity index is 656. The summed E-state index contributed by atoms with van der Waals surface area (Å²) in [5.74, 6) is -0.946. The van der Waals surface area contributed by atoms with E-state index in [1.807, 2.05) is 6.07 Å². The van der Waals surface area contributed by atoms with Crippen LogP contribution < -0.4 is 4.74 Å². The van der Waals surface area contributed by atoms with E-state index in [0.717, 1.165) is 5.39 Å². The summed E-state index contributed by atoms with van der Waals surface area (Å²) < 4.78 is 5.33. The molecule has 0 saturated carbocycles. The second-order valence-corrected chi connectivity index (χ2v) is 3.70. The van der Waals surface area contributed by atoms with Gasteiger partial charge in [-0.15, -0.1) is 0 Å². The number of aromatic carboxylic acids is 1. The molecule has 0 atom stereocenters. The quantitative estimate of drug-likeness (QED) is 0.896. The minimum atomic E-state index is -1.09. The molecule has 18 heavy (non-hydrogen) atoms. The zero-order chi connectivity index (χ0) is 13.1. The fourth-order valence-electron chi connectivity index (χ4n) is 1.92. The number of nitriles is 1. The lowest BCUT2D eigenvalue weighted by Gasteiger charge is -2.12. The van der Waals surface area contributed by atoms with E-state index in [1.54, 1.807) is 37.3 Å². The molecule has 0 radical (unpaired) electrons. The molecule has 90 valence electrons. The fraction of sp³-hybridized carbons (Fsp3) is 0.143. The van der Waals surface area contributed by atoms with E-state index in [2.05, 4.69) is 0 Å². The summed E-state index contributed by atoms with van der Waals surface area (Å²) in [5.41, 5.74) is 0.291. The molecule has 0 aromatic heterocycles. The molecule has 0 aliphatic heterocycles. The first-order chi connectivity index (χ1) is 8.69. The zero-order valence-electron chi connectivity index (χ0n) is 9.80. The third kappa shape index (κ3) is 1.87. The molecule has 1 N–H and O–H groups in total. The van der Waals surface area contributed by atoms with Gasteiger partial charge in [0.1, 0.15) is 11.6 Å². The summed E-state index contributed by atoms with van der Waals surface area (Å²) >= 11 is 0. The van der Waals surface area contributed by atoms with Gasteiger partial charge in [-0.1, -0.05) is 24.3 Å². The van der Waals surface area contributed by atoms with Crippen LogP contribution >= 0.6 is 0 Å². The molecule has 0 unspecified atom stereocenters. The number of rotatable bonds is 3. The summed E-state index contributed by atoms with van der Waals surface area (Å²) in [4.78, 5) is 11.4. The summed E-state index contributed by atoms with van der Waals surface area (Å²) in [6, 6.07) is 10.7. The van der Waals surface area contributed by atoms with Crippen molar-refractivity contribution in [1.29, 1.82) is 5.26 Å². The van der Waals surface area contributed by atoms with Crippen molar-refractivity contribution < 1.29 is 14.6 Å². The Hall–Kier alpha value is -2.54. The van der Waals surface area contributed by atoms with Gasteiger partial charge in [-0.05, 0) is 18.4 Å². The lowest BCUT2D eigenvalue weighted by Crippen LogP contribution is -2.06. The first kappa shape index (κ1) is 11.9. The van der Waals surface area contributed by atoms with Crippen LogP contribution in [-0.4, -0.2) is 17.7 Å². The Morgan fingerprint density at radius 2 is 2.17 bits per heavy atom. The van der Waals surface area contributed by atoms with Gasteiger partial charge >= 0.3 is 5.97 Å². The van der Waals surface area contributed by atoms with E-state index in [9.17, 15) is 9.90 Å². The van der Waals surface area contributed by atoms with Crippen molar-refractivity contribution in [2.45, 2.75) is 6.92 Å². The van der Waals surface area contributed by atoms with Crippen molar-refractivity contribution in [1.82, 2.24) is 0 Å². The third-order valence-corrected chi connectivity index (χ3v) is 2.62. The number of nitrogens with zero attached hydrogens (tertiary/aromatic N) is 1. The Kier molecular flexibility index (Phi) is 3.16. The molecule has 0 saturated heterocycles. The molecule has 4 heteroatoms. The second-order valence-electron chi connectivity index (χ2n) is 3.70. The molecule has 0 bridgehead atoms. The van der Waals surface area contributed by atoms with Gasteiger partial charge in [0.15, 0.2) is 5.75 Å². The van der Waals surface area contributed by atoms with Gasteiger partial charge < -0.3 is 9.84 Å². The van der Waals surface area contributed by atoms with Gasteiger partial charge in [0.2, 0.25) is 0 Å². The van der Waals surface area contributed by atoms with Gasteiger partial charge in [0.25, 0.3) is 0 Å². The van der Waals surface area contributed by atoms with E-state index < -0.39 is 5.97 Å². The van der Waals surface area contributed by atoms with E-state index in [4.69, 9.17) is 10.00 Å². The number of carboxylic acid groups (broad SMARTS) is 1. The lowest BCUT2D eigenvalue weighted by atomic mass is 9.99. The average molecular weight is 241 g/mol. The Labute approximate surface area is 104 Å². The highest BCUT2D eigenvalue weighted by atomic mass is 16.5. The van der Waals surface area contributed by atoms with Crippen LogP contribution in [0.25, 0.3) is 10.8 Å². The van der Waals surface area contributed by atoms with E-state index in [-0.39, 0.29) is 16.9 Å². The van der Waals surface area contributed by atoms with E-state index in [0.29, 0.717) is 12.0 Å². The van der Waals surface area contributed by atoms with Gasteiger partial charge in [-0.2, -0.15) is 5.26 Å². The second kappa shape index (κ2) is 4.76. The first-order valence-corrected chi connectivity index (χ1v) is 5.51. The predicted octanol–water partition coefficient (Wildman–Crippen LogP) is 2.81. The summed E-state index contributed by atoms with van der Waals surface area (Å²) in [5, 5.41) is 19.7. The SMILES string of the molecule is CCOc1c(C#N)cc2ccccc2c1C(=O)O. The predicted molar refractivity (Wildman–Crippen MR) is 66.8 cm³/mol. The molecule has 0 heterocycles. The van der Waals surface area contributed by atoms with Crippen LogP contribution in [0, 0.1) is 11.3 Å². The van der Waals surface area contributed by atoms with Crippen LogP contribution in [0.1, 0.15) is 22.8 Å². The molecule has 0 spiro atoms. The van der Waals surface area contributed by atoms with Crippen LogP contribution in [-0.2, 0) is 0 Å². The highest BCUT2D eigenvalue weighted by molar-refractivity contribution is 6.07. The highest BCUT2D eigenvalue weighted by Gasteiger charge is 2.19. The minimum absolute atomic E-state index is 0.0477. The number of carboxylic acids is 1. The van der Waals surface area contributed by atoms with Crippen molar-refractivity contribution in [2.24, 2.45) is 0 Å². The van der Waals surface area contributed by atoms with E-state index >= 15 is 0 Å². The van der Waals surface area contributed by atoms with Gasteiger partial charge in [0.05, 0.1) is 12.2 Å². The number of hydrogen-bond acceptors (Lipinski definition) is 3. The molecule has 2 aromatic carbocycles. The molecule has 0 aliphatic carbocycles. The van der Waals surface area contributed by atoms with Crippen molar-refractivity contribution in [3.8, 4) is 11.8 Å². The maximum Gasteiger partial charge on any atom is 0.340 e. The topological polar surface area (TPSA) is 70.3 Å². The molecule has 2 aromatic rings.